The fourth-order valence-corrected chi connectivity index (χ4v) is 3.58. The van der Waals surface area contributed by atoms with Crippen LogP contribution in [0.3, 0.4) is 0 Å². The van der Waals surface area contributed by atoms with Gasteiger partial charge in [-0.1, -0.05) is 19.8 Å². The van der Waals surface area contributed by atoms with E-state index in [1.54, 1.807) is 0 Å². The van der Waals surface area contributed by atoms with Crippen LogP contribution in [0.5, 0.6) is 0 Å². The number of rotatable bonds is 5. The molecule has 3 atom stereocenters. The molecular weight excluding hydrogens is 182 g/mol. The van der Waals surface area contributed by atoms with Crippen molar-refractivity contribution in [2.75, 3.05) is 6.54 Å². The van der Waals surface area contributed by atoms with Crippen molar-refractivity contribution in [1.82, 2.24) is 5.32 Å². The largest absolute Gasteiger partial charge is 0.314 e. The highest BCUT2D eigenvalue weighted by atomic mass is 14.9. The third kappa shape index (κ3) is 2.37. The summed E-state index contributed by atoms with van der Waals surface area (Å²) in [7, 11) is 0. The predicted molar refractivity (Wildman–Crippen MR) is 64.5 cm³/mol. The lowest BCUT2D eigenvalue weighted by molar-refractivity contribution is 0.419. The molecule has 0 bridgehead atoms. The third-order valence-corrected chi connectivity index (χ3v) is 4.25. The maximum absolute atomic E-state index is 5.36. The molecule has 0 radical (unpaired) electrons. The van der Waals surface area contributed by atoms with Gasteiger partial charge in [-0.2, -0.15) is 0 Å². The zero-order valence-electron chi connectivity index (χ0n) is 9.84. The molecule has 1 nitrogen and oxygen atoms in total. The van der Waals surface area contributed by atoms with E-state index >= 15 is 0 Å². The molecule has 2 aliphatic carbocycles. The summed E-state index contributed by atoms with van der Waals surface area (Å²) in [5.74, 6) is 5.82. The molecule has 0 amide bonds. The van der Waals surface area contributed by atoms with Crippen LogP contribution >= 0.6 is 0 Å². The van der Waals surface area contributed by atoms with Crippen LogP contribution in [0.1, 0.15) is 45.4 Å². The van der Waals surface area contributed by atoms with E-state index in [0.29, 0.717) is 6.04 Å². The highest BCUT2D eigenvalue weighted by Gasteiger charge is 2.53. The number of terminal acetylenes is 1. The smallest absolute Gasteiger partial charge is 0.0110 e. The summed E-state index contributed by atoms with van der Waals surface area (Å²) < 4.78 is 0. The Bertz CT molecular complexity index is 228. The van der Waals surface area contributed by atoms with Gasteiger partial charge in [-0.05, 0) is 43.6 Å². The van der Waals surface area contributed by atoms with Gasteiger partial charge in [0.2, 0.25) is 0 Å². The first-order valence-electron chi connectivity index (χ1n) is 6.55. The van der Waals surface area contributed by atoms with Crippen molar-refractivity contribution in [1.29, 1.82) is 0 Å². The summed E-state index contributed by atoms with van der Waals surface area (Å²) in [4.78, 5) is 0. The second-order valence-electron chi connectivity index (χ2n) is 5.10. The first-order chi connectivity index (χ1) is 7.38. The predicted octanol–water partition coefficient (Wildman–Crippen LogP) is 2.81. The molecule has 2 aliphatic rings. The molecule has 0 heterocycles. The fourth-order valence-electron chi connectivity index (χ4n) is 3.58. The standard InChI is InChI=1S/C14H23N/c1-3-5-10-13(15-4-2)14-11-8-6-7-9-12(11)14/h1,11-15H,4-10H2,2H3. The molecule has 0 aromatic rings. The van der Waals surface area contributed by atoms with Crippen molar-refractivity contribution in [2.24, 2.45) is 17.8 Å². The van der Waals surface area contributed by atoms with E-state index in [1.165, 1.54) is 32.1 Å². The Labute approximate surface area is 94.0 Å². The van der Waals surface area contributed by atoms with E-state index in [1.807, 2.05) is 0 Å². The second kappa shape index (κ2) is 5.03. The normalized spacial score (nSPS) is 35.3. The van der Waals surface area contributed by atoms with Gasteiger partial charge < -0.3 is 5.32 Å². The topological polar surface area (TPSA) is 12.0 Å². The second-order valence-corrected chi connectivity index (χ2v) is 5.10. The molecule has 0 aromatic carbocycles. The van der Waals surface area contributed by atoms with Gasteiger partial charge >= 0.3 is 0 Å². The molecular formula is C14H23N. The zero-order chi connectivity index (χ0) is 10.7. The van der Waals surface area contributed by atoms with Gasteiger partial charge in [0.15, 0.2) is 0 Å². The van der Waals surface area contributed by atoms with Gasteiger partial charge in [0, 0.05) is 12.5 Å². The lowest BCUT2D eigenvalue weighted by atomic mass is 10.0. The Morgan fingerprint density at radius 2 is 2.00 bits per heavy atom. The minimum Gasteiger partial charge on any atom is -0.314 e. The summed E-state index contributed by atoms with van der Waals surface area (Å²) in [6.45, 7) is 3.29. The van der Waals surface area contributed by atoms with Crippen LogP contribution in [0.25, 0.3) is 0 Å². The molecule has 84 valence electrons. The average Bonchev–Trinajstić information content (AvgIpc) is 2.98. The van der Waals surface area contributed by atoms with Crippen molar-refractivity contribution in [2.45, 2.75) is 51.5 Å². The van der Waals surface area contributed by atoms with E-state index in [2.05, 4.69) is 18.2 Å². The summed E-state index contributed by atoms with van der Waals surface area (Å²) >= 11 is 0. The minimum atomic E-state index is 0.708. The van der Waals surface area contributed by atoms with Crippen molar-refractivity contribution < 1.29 is 0 Å². The number of nitrogens with one attached hydrogen (secondary N) is 1. The molecule has 0 aliphatic heterocycles. The number of hydrogen-bond donors (Lipinski definition) is 1. The van der Waals surface area contributed by atoms with E-state index in [9.17, 15) is 0 Å². The van der Waals surface area contributed by atoms with Crippen LogP contribution < -0.4 is 5.32 Å². The SMILES string of the molecule is C#CCCC(NCC)C1C2CCCCC21. The first-order valence-corrected chi connectivity index (χ1v) is 6.55. The molecule has 1 N–H and O–H groups in total. The monoisotopic (exact) mass is 205 g/mol. The van der Waals surface area contributed by atoms with Crippen LogP contribution in [0.2, 0.25) is 0 Å². The Kier molecular flexibility index (Phi) is 3.70. The molecule has 2 fully saturated rings. The minimum absolute atomic E-state index is 0.708. The molecule has 0 saturated heterocycles. The van der Waals surface area contributed by atoms with Crippen LogP contribution in [-0.4, -0.2) is 12.6 Å². The van der Waals surface area contributed by atoms with Crippen molar-refractivity contribution in [3.05, 3.63) is 0 Å². The molecule has 2 rings (SSSR count). The molecule has 1 heteroatoms. The van der Waals surface area contributed by atoms with Crippen LogP contribution in [0, 0.1) is 30.1 Å². The Balaban J connectivity index is 1.86. The van der Waals surface area contributed by atoms with Gasteiger partial charge in [0.1, 0.15) is 0 Å². The van der Waals surface area contributed by atoms with Gasteiger partial charge in [-0.15, -0.1) is 12.3 Å². The highest BCUT2D eigenvalue weighted by molar-refractivity contribution is 5.05. The molecule has 15 heavy (non-hydrogen) atoms. The summed E-state index contributed by atoms with van der Waals surface area (Å²) in [5, 5.41) is 3.64. The Morgan fingerprint density at radius 1 is 1.33 bits per heavy atom. The average molecular weight is 205 g/mol. The fraction of sp³-hybridized carbons (Fsp3) is 0.857. The van der Waals surface area contributed by atoms with Gasteiger partial charge in [-0.25, -0.2) is 0 Å². The summed E-state index contributed by atoms with van der Waals surface area (Å²) in [6.07, 6.45) is 13.4. The summed E-state index contributed by atoms with van der Waals surface area (Å²) in [5.41, 5.74) is 0. The van der Waals surface area contributed by atoms with E-state index < -0.39 is 0 Å². The first kappa shape index (κ1) is 11.0. The molecule has 3 unspecified atom stereocenters. The van der Waals surface area contributed by atoms with Crippen LogP contribution in [-0.2, 0) is 0 Å². The number of hydrogen-bond acceptors (Lipinski definition) is 1. The van der Waals surface area contributed by atoms with Gasteiger partial charge in [0.25, 0.3) is 0 Å². The number of fused-ring (bicyclic) bond motifs is 1. The maximum Gasteiger partial charge on any atom is 0.0110 e. The highest BCUT2D eigenvalue weighted by Crippen LogP contribution is 2.57. The lowest BCUT2D eigenvalue weighted by Gasteiger charge is -2.16. The van der Waals surface area contributed by atoms with Crippen molar-refractivity contribution in [3.63, 3.8) is 0 Å². The summed E-state index contributed by atoms with van der Waals surface area (Å²) in [6, 6.07) is 0.708. The molecule has 0 spiro atoms. The van der Waals surface area contributed by atoms with Crippen LogP contribution in [0.15, 0.2) is 0 Å². The quantitative estimate of drug-likeness (QED) is 0.681. The zero-order valence-corrected chi connectivity index (χ0v) is 9.84. The van der Waals surface area contributed by atoms with Gasteiger partial charge in [-0.3, -0.25) is 0 Å². The third-order valence-electron chi connectivity index (χ3n) is 4.25. The van der Waals surface area contributed by atoms with E-state index in [4.69, 9.17) is 6.42 Å². The van der Waals surface area contributed by atoms with E-state index in [0.717, 1.165) is 30.7 Å². The molecule has 0 aromatic heterocycles. The van der Waals surface area contributed by atoms with Crippen LogP contribution in [0.4, 0.5) is 0 Å². The lowest BCUT2D eigenvalue weighted by Crippen LogP contribution is -2.31. The maximum atomic E-state index is 5.36. The van der Waals surface area contributed by atoms with E-state index in [-0.39, 0.29) is 0 Å². The van der Waals surface area contributed by atoms with Crippen molar-refractivity contribution >= 4 is 0 Å². The van der Waals surface area contributed by atoms with Crippen molar-refractivity contribution in [3.8, 4) is 12.3 Å². The Hall–Kier alpha value is -0.480. The molecule has 2 saturated carbocycles. The Morgan fingerprint density at radius 3 is 2.53 bits per heavy atom. The van der Waals surface area contributed by atoms with Gasteiger partial charge in [0.05, 0.1) is 0 Å².